The van der Waals surface area contributed by atoms with Gasteiger partial charge in [0.05, 0.1) is 11.5 Å². The van der Waals surface area contributed by atoms with Gasteiger partial charge in [0.25, 0.3) is 0 Å². The molecule has 1 aromatic rings. The normalized spacial score (nSPS) is 15.6. The van der Waals surface area contributed by atoms with E-state index >= 15 is 0 Å². The van der Waals surface area contributed by atoms with Crippen molar-refractivity contribution in [2.75, 3.05) is 49.5 Å². The van der Waals surface area contributed by atoms with E-state index in [-0.39, 0.29) is 11.8 Å². The van der Waals surface area contributed by atoms with Crippen molar-refractivity contribution in [1.29, 1.82) is 0 Å². The maximum absolute atomic E-state index is 12.1. The minimum Gasteiger partial charge on any atom is -0.339 e. The molecule has 1 aromatic carbocycles. The van der Waals surface area contributed by atoms with Gasteiger partial charge in [-0.05, 0) is 18.7 Å². The van der Waals surface area contributed by atoms with Crippen LogP contribution in [0.5, 0.6) is 0 Å². The molecule has 120 valence electrons. The number of nitrogens with one attached hydrogen (secondary N) is 1. The first kappa shape index (κ1) is 16.8. The van der Waals surface area contributed by atoms with Gasteiger partial charge in [-0.3, -0.25) is 9.59 Å². The topological polar surface area (TPSA) is 52.7 Å². The van der Waals surface area contributed by atoms with E-state index in [9.17, 15) is 9.59 Å². The molecule has 5 nitrogen and oxygen atoms in total. The van der Waals surface area contributed by atoms with Crippen LogP contribution in [0.4, 0.5) is 5.69 Å². The molecule has 0 atom stereocenters. The lowest BCUT2D eigenvalue weighted by molar-refractivity contribution is -0.130. The van der Waals surface area contributed by atoms with Crippen molar-refractivity contribution in [3.05, 3.63) is 30.3 Å². The quantitative estimate of drug-likeness (QED) is 0.863. The van der Waals surface area contributed by atoms with Crippen LogP contribution in [0.1, 0.15) is 6.92 Å². The van der Waals surface area contributed by atoms with Crippen LogP contribution in [-0.4, -0.2) is 65.8 Å². The van der Waals surface area contributed by atoms with Crippen LogP contribution in [-0.2, 0) is 9.59 Å². The summed E-state index contributed by atoms with van der Waals surface area (Å²) >= 11 is 1.37. The van der Waals surface area contributed by atoms with E-state index in [2.05, 4.69) is 17.1 Å². The fraction of sp³-hybridized carbons (Fsp3) is 0.500. The van der Waals surface area contributed by atoms with Crippen molar-refractivity contribution < 1.29 is 9.59 Å². The van der Waals surface area contributed by atoms with Gasteiger partial charge in [0.1, 0.15) is 0 Å². The summed E-state index contributed by atoms with van der Waals surface area (Å²) in [6.45, 7) is 6.66. The Morgan fingerprint density at radius 3 is 2.41 bits per heavy atom. The highest BCUT2D eigenvalue weighted by Gasteiger charge is 2.20. The second-order valence-electron chi connectivity index (χ2n) is 5.22. The van der Waals surface area contributed by atoms with E-state index in [0.717, 1.165) is 38.4 Å². The number of para-hydroxylation sites is 1. The van der Waals surface area contributed by atoms with Crippen LogP contribution in [0.3, 0.4) is 0 Å². The number of carbonyl (C=O) groups is 2. The van der Waals surface area contributed by atoms with Gasteiger partial charge >= 0.3 is 0 Å². The maximum atomic E-state index is 12.1. The number of piperazine rings is 1. The molecule has 0 aromatic heterocycles. The van der Waals surface area contributed by atoms with E-state index in [0.29, 0.717) is 11.5 Å². The van der Waals surface area contributed by atoms with Crippen molar-refractivity contribution in [3.8, 4) is 0 Å². The van der Waals surface area contributed by atoms with E-state index in [4.69, 9.17) is 0 Å². The Kier molecular flexibility index (Phi) is 6.74. The van der Waals surface area contributed by atoms with Crippen molar-refractivity contribution in [2.45, 2.75) is 6.92 Å². The highest BCUT2D eigenvalue weighted by Crippen LogP contribution is 2.09. The third-order valence-corrected chi connectivity index (χ3v) is 4.61. The zero-order chi connectivity index (χ0) is 15.8. The van der Waals surface area contributed by atoms with Gasteiger partial charge < -0.3 is 15.1 Å². The van der Waals surface area contributed by atoms with Gasteiger partial charge in [0.15, 0.2) is 0 Å². The standard InChI is InChI=1S/C16H23N3O2S/c1-2-18-8-10-19(11-9-18)16(21)13-22-12-15(20)17-14-6-4-3-5-7-14/h3-7H,2,8-13H2,1H3,(H,17,20). The first-order valence-corrected chi connectivity index (χ1v) is 8.77. The van der Waals surface area contributed by atoms with Crippen LogP contribution in [0.25, 0.3) is 0 Å². The van der Waals surface area contributed by atoms with Crippen molar-refractivity contribution in [2.24, 2.45) is 0 Å². The van der Waals surface area contributed by atoms with Crippen molar-refractivity contribution in [1.82, 2.24) is 9.80 Å². The zero-order valence-corrected chi connectivity index (χ0v) is 13.8. The zero-order valence-electron chi connectivity index (χ0n) is 13.0. The molecule has 1 saturated heterocycles. The Bertz CT molecular complexity index is 487. The predicted molar refractivity (Wildman–Crippen MR) is 91.1 cm³/mol. The fourth-order valence-corrected chi connectivity index (χ4v) is 3.07. The molecule has 2 amide bonds. The summed E-state index contributed by atoms with van der Waals surface area (Å²) < 4.78 is 0. The smallest absolute Gasteiger partial charge is 0.234 e. The van der Waals surface area contributed by atoms with Crippen LogP contribution >= 0.6 is 11.8 Å². The molecule has 0 unspecified atom stereocenters. The molecular weight excluding hydrogens is 298 g/mol. The SMILES string of the molecule is CCN1CCN(C(=O)CSCC(=O)Nc2ccccc2)CC1. The summed E-state index contributed by atoms with van der Waals surface area (Å²) in [4.78, 5) is 28.1. The lowest BCUT2D eigenvalue weighted by Gasteiger charge is -2.34. The van der Waals surface area contributed by atoms with E-state index < -0.39 is 0 Å². The fourth-order valence-electron chi connectivity index (χ4n) is 2.35. The van der Waals surface area contributed by atoms with Crippen molar-refractivity contribution in [3.63, 3.8) is 0 Å². The number of nitrogens with zero attached hydrogens (tertiary/aromatic N) is 2. The van der Waals surface area contributed by atoms with Gasteiger partial charge in [-0.15, -0.1) is 11.8 Å². The monoisotopic (exact) mass is 321 g/mol. The van der Waals surface area contributed by atoms with Gasteiger partial charge in [-0.1, -0.05) is 25.1 Å². The number of amides is 2. The molecule has 0 radical (unpaired) electrons. The van der Waals surface area contributed by atoms with Gasteiger partial charge in [0, 0.05) is 31.9 Å². The molecule has 0 aliphatic carbocycles. The van der Waals surface area contributed by atoms with Gasteiger partial charge in [-0.25, -0.2) is 0 Å². The number of anilines is 1. The number of benzene rings is 1. The summed E-state index contributed by atoms with van der Waals surface area (Å²) in [5.74, 6) is 0.734. The molecule has 0 spiro atoms. The largest absolute Gasteiger partial charge is 0.339 e. The van der Waals surface area contributed by atoms with E-state index in [1.807, 2.05) is 35.2 Å². The lowest BCUT2D eigenvalue weighted by Crippen LogP contribution is -2.49. The first-order chi connectivity index (χ1) is 10.7. The van der Waals surface area contributed by atoms with Crippen molar-refractivity contribution >= 4 is 29.3 Å². The second kappa shape index (κ2) is 8.80. The highest BCUT2D eigenvalue weighted by molar-refractivity contribution is 8.00. The molecule has 6 heteroatoms. The number of carbonyl (C=O) groups excluding carboxylic acids is 2. The molecule has 1 fully saturated rings. The minimum atomic E-state index is -0.0696. The maximum Gasteiger partial charge on any atom is 0.234 e. The average Bonchev–Trinajstić information content (AvgIpc) is 2.55. The second-order valence-corrected chi connectivity index (χ2v) is 6.21. The predicted octanol–water partition coefficient (Wildman–Crippen LogP) is 1.52. The third kappa shape index (κ3) is 5.35. The molecule has 1 aliphatic heterocycles. The number of hydrogen-bond acceptors (Lipinski definition) is 4. The van der Waals surface area contributed by atoms with Gasteiger partial charge in [-0.2, -0.15) is 0 Å². The summed E-state index contributed by atoms with van der Waals surface area (Å²) in [7, 11) is 0. The third-order valence-electron chi connectivity index (χ3n) is 3.69. The number of hydrogen-bond donors (Lipinski definition) is 1. The summed E-state index contributed by atoms with van der Waals surface area (Å²) in [5, 5.41) is 2.82. The Balaban J connectivity index is 1.64. The Morgan fingerprint density at radius 2 is 1.77 bits per heavy atom. The van der Waals surface area contributed by atoms with E-state index in [1.54, 1.807) is 0 Å². The number of thioether (sulfide) groups is 1. The lowest BCUT2D eigenvalue weighted by atomic mass is 10.3. The summed E-state index contributed by atoms with van der Waals surface area (Å²) in [6, 6.07) is 9.35. The van der Waals surface area contributed by atoms with Crippen LogP contribution in [0.15, 0.2) is 30.3 Å². The number of likely N-dealkylation sites (N-methyl/N-ethyl adjacent to an activating group) is 1. The van der Waals surface area contributed by atoms with E-state index in [1.165, 1.54) is 11.8 Å². The molecule has 0 bridgehead atoms. The Labute approximate surface area is 136 Å². The molecule has 1 aliphatic rings. The highest BCUT2D eigenvalue weighted by atomic mass is 32.2. The molecule has 1 heterocycles. The first-order valence-electron chi connectivity index (χ1n) is 7.62. The number of rotatable bonds is 6. The van der Waals surface area contributed by atoms with Crippen LogP contribution in [0, 0.1) is 0 Å². The molecule has 0 saturated carbocycles. The molecule has 1 N–H and O–H groups in total. The Hall–Kier alpha value is -1.53. The molecular formula is C16H23N3O2S. The summed E-state index contributed by atoms with van der Waals surface area (Å²) in [5.41, 5.74) is 0.787. The molecule has 2 rings (SSSR count). The van der Waals surface area contributed by atoms with Crippen LogP contribution < -0.4 is 5.32 Å². The average molecular weight is 321 g/mol. The minimum absolute atomic E-state index is 0.0696. The summed E-state index contributed by atoms with van der Waals surface area (Å²) in [6.07, 6.45) is 0. The molecule has 22 heavy (non-hydrogen) atoms. The Morgan fingerprint density at radius 1 is 1.09 bits per heavy atom. The van der Waals surface area contributed by atoms with Crippen LogP contribution in [0.2, 0.25) is 0 Å². The van der Waals surface area contributed by atoms with Gasteiger partial charge in [0.2, 0.25) is 11.8 Å².